The first-order valence-electron chi connectivity index (χ1n) is 6.10. The van der Waals surface area contributed by atoms with Crippen LogP contribution >= 0.6 is 15.9 Å². The molecule has 0 unspecified atom stereocenters. The molecule has 106 valence electrons. The van der Waals surface area contributed by atoms with Gasteiger partial charge < -0.3 is 10.0 Å². The summed E-state index contributed by atoms with van der Waals surface area (Å²) in [4.78, 5) is 14.3. The van der Waals surface area contributed by atoms with E-state index < -0.39 is 11.8 Å². The van der Waals surface area contributed by atoms with Crippen LogP contribution in [0.5, 0.6) is 0 Å². The SMILES string of the molecule is N#Cc1ccc(N2CCN(CC(=O)O)CC2)c(F)c1Br. The van der Waals surface area contributed by atoms with E-state index >= 15 is 0 Å². The highest BCUT2D eigenvalue weighted by atomic mass is 79.9. The molecule has 1 N–H and O–H groups in total. The van der Waals surface area contributed by atoms with Crippen molar-refractivity contribution in [2.45, 2.75) is 0 Å². The van der Waals surface area contributed by atoms with Crippen LogP contribution in [-0.2, 0) is 4.79 Å². The van der Waals surface area contributed by atoms with Gasteiger partial charge >= 0.3 is 5.97 Å². The van der Waals surface area contributed by atoms with Gasteiger partial charge in [-0.2, -0.15) is 5.26 Å². The second-order valence-corrected chi connectivity index (χ2v) is 5.32. The second kappa shape index (κ2) is 6.20. The quantitative estimate of drug-likeness (QED) is 0.905. The zero-order valence-corrected chi connectivity index (χ0v) is 12.2. The molecular weight excluding hydrogens is 329 g/mol. The zero-order chi connectivity index (χ0) is 14.7. The van der Waals surface area contributed by atoms with Crippen LogP contribution < -0.4 is 4.90 Å². The number of carboxylic acid groups (broad SMARTS) is 1. The minimum atomic E-state index is -0.856. The highest BCUT2D eigenvalue weighted by Gasteiger charge is 2.22. The number of hydrogen-bond acceptors (Lipinski definition) is 4. The molecule has 0 atom stereocenters. The predicted octanol–water partition coefficient (Wildman–Crippen LogP) is 1.67. The Kier molecular flexibility index (Phi) is 4.57. The Morgan fingerprint density at radius 2 is 2.05 bits per heavy atom. The van der Waals surface area contributed by atoms with E-state index in [0.717, 1.165) is 0 Å². The Morgan fingerprint density at radius 1 is 1.40 bits per heavy atom. The van der Waals surface area contributed by atoms with Gasteiger partial charge in [0.15, 0.2) is 5.82 Å². The molecule has 0 amide bonds. The molecule has 1 aromatic rings. The first kappa shape index (κ1) is 14.8. The minimum absolute atomic E-state index is 0.00733. The van der Waals surface area contributed by atoms with E-state index in [-0.39, 0.29) is 16.6 Å². The number of nitrogens with zero attached hydrogens (tertiary/aromatic N) is 3. The fourth-order valence-corrected chi connectivity index (χ4v) is 2.63. The summed E-state index contributed by atoms with van der Waals surface area (Å²) in [5.41, 5.74) is 0.696. The van der Waals surface area contributed by atoms with Gasteiger partial charge in [0.05, 0.1) is 22.3 Å². The van der Waals surface area contributed by atoms with Crippen LogP contribution in [0.3, 0.4) is 0 Å². The van der Waals surface area contributed by atoms with Crippen LogP contribution in [0.1, 0.15) is 5.56 Å². The van der Waals surface area contributed by atoms with Gasteiger partial charge in [0.1, 0.15) is 6.07 Å². The fourth-order valence-electron chi connectivity index (χ4n) is 2.21. The molecule has 7 heteroatoms. The molecule has 1 aliphatic heterocycles. The van der Waals surface area contributed by atoms with Crippen molar-refractivity contribution in [3.8, 4) is 6.07 Å². The average Bonchev–Trinajstić information content (AvgIpc) is 2.42. The summed E-state index contributed by atoms with van der Waals surface area (Å²) in [5.74, 6) is -1.30. The molecule has 1 saturated heterocycles. The van der Waals surface area contributed by atoms with Crippen LogP contribution in [0, 0.1) is 17.1 Å². The normalized spacial score (nSPS) is 15.9. The van der Waals surface area contributed by atoms with Crippen molar-refractivity contribution in [3.05, 3.63) is 28.0 Å². The highest BCUT2D eigenvalue weighted by molar-refractivity contribution is 9.10. The molecule has 0 aliphatic carbocycles. The van der Waals surface area contributed by atoms with Gasteiger partial charge in [0, 0.05) is 26.2 Å². The molecule has 0 radical (unpaired) electrons. The number of halogens is 2. The Morgan fingerprint density at radius 3 is 2.60 bits per heavy atom. The van der Waals surface area contributed by atoms with E-state index in [1.54, 1.807) is 12.1 Å². The molecule has 1 aliphatic rings. The van der Waals surface area contributed by atoms with Crippen LogP contribution in [0.15, 0.2) is 16.6 Å². The number of anilines is 1. The molecule has 0 spiro atoms. The smallest absolute Gasteiger partial charge is 0.317 e. The zero-order valence-electron chi connectivity index (χ0n) is 10.6. The Balaban J connectivity index is 2.10. The lowest BCUT2D eigenvalue weighted by atomic mass is 10.2. The van der Waals surface area contributed by atoms with Gasteiger partial charge in [-0.1, -0.05) is 0 Å². The maximum atomic E-state index is 14.2. The summed E-state index contributed by atoms with van der Waals surface area (Å²) in [5, 5.41) is 17.6. The number of carboxylic acids is 1. The summed E-state index contributed by atoms with van der Waals surface area (Å²) in [6.45, 7) is 2.27. The van der Waals surface area contributed by atoms with Crippen molar-refractivity contribution < 1.29 is 14.3 Å². The summed E-state index contributed by atoms with van der Waals surface area (Å²) < 4.78 is 14.4. The van der Waals surface area contributed by atoms with Gasteiger partial charge in [-0.3, -0.25) is 9.69 Å². The molecule has 1 fully saturated rings. The third kappa shape index (κ3) is 3.08. The number of hydrogen-bond donors (Lipinski definition) is 1. The van der Waals surface area contributed by atoms with Gasteiger partial charge in [0.25, 0.3) is 0 Å². The fraction of sp³-hybridized carbons (Fsp3) is 0.385. The summed E-state index contributed by atoms with van der Waals surface area (Å²) in [7, 11) is 0. The van der Waals surface area contributed by atoms with E-state index in [9.17, 15) is 9.18 Å². The number of piperazine rings is 1. The second-order valence-electron chi connectivity index (χ2n) is 4.53. The number of rotatable bonds is 3. The average molecular weight is 342 g/mol. The van der Waals surface area contributed by atoms with Gasteiger partial charge in [0.2, 0.25) is 0 Å². The number of carbonyl (C=O) groups is 1. The maximum Gasteiger partial charge on any atom is 0.317 e. The van der Waals surface area contributed by atoms with Crippen LogP contribution in [0.2, 0.25) is 0 Å². The van der Waals surface area contributed by atoms with E-state index in [1.165, 1.54) is 0 Å². The summed E-state index contributed by atoms with van der Waals surface area (Å²) in [6.07, 6.45) is 0. The third-order valence-corrected chi connectivity index (χ3v) is 4.03. The number of aliphatic carboxylic acids is 1. The molecule has 2 rings (SSSR count). The van der Waals surface area contributed by atoms with Crippen LogP contribution in [0.4, 0.5) is 10.1 Å². The van der Waals surface area contributed by atoms with Gasteiger partial charge in [-0.25, -0.2) is 4.39 Å². The molecule has 0 bridgehead atoms. The largest absolute Gasteiger partial charge is 0.480 e. The van der Waals surface area contributed by atoms with Crippen LogP contribution in [-0.4, -0.2) is 48.7 Å². The lowest BCUT2D eigenvalue weighted by Crippen LogP contribution is -2.48. The van der Waals surface area contributed by atoms with Crippen LogP contribution in [0.25, 0.3) is 0 Å². The van der Waals surface area contributed by atoms with Crippen molar-refractivity contribution in [1.82, 2.24) is 4.90 Å². The van der Waals surface area contributed by atoms with E-state index in [1.807, 2.05) is 15.9 Å². The Hall–Kier alpha value is -1.65. The molecule has 1 heterocycles. The first-order chi connectivity index (χ1) is 9.52. The van der Waals surface area contributed by atoms with E-state index in [0.29, 0.717) is 31.9 Å². The molecular formula is C13H13BrFN3O2. The van der Waals surface area contributed by atoms with Gasteiger partial charge in [-0.15, -0.1) is 0 Å². The maximum absolute atomic E-state index is 14.2. The number of nitriles is 1. The monoisotopic (exact) mass is 341 g/mol. The molecule has 0 saturated carbocycles. The van der Waals surface area contributed by atoms with Crippen molar-refractivity contribution in [2.75, 3.05) is 37.6 Å². The number of benzene rings is 1. The van der Waals surface area contributed by atoms with E-state index in [2.05, 4.69) is 15.9 Å². The van der Waals surface area contributed by atoms with Gasteiger partial charge in [-0.05, 0) is 28.1 Å². The molecule has 0 aromatic heterocycles. The predicted molar refractivity (Wildman–Crippen MR) is 75.1 cm³/mol. The van der Waals surface area contributed by atoms with Crippen molar-refractivity contribution in [3.63, 3.8) is 0 Å². The summed E-state index contributed by atoms with van der Waals surface area (Å²) >= 11 is 3.09. The minimum Gasteiger partial charge on any atom is -0.480 e. The first-order valence-corrected chi connectivity index (χ1v) is 6.89. The van der Waals surface area contributed by atoms with Crippen molar-refractivity contribution in [1.29, 1.82) is 5.26 Å². The molecule has 1 aromatic carbocycles. The Bertz CT molecular complexity index is 565. The summed E-state index contributed by atoms with van der Waals surface area (Å²) in [6, 6.07) is 5.08. The van der Waals surface area contributed by atoms with Crippen molar-refractivity contribution >= 4 is 27.6 Å². The Labute approximate surface area is 124 Å². The standard InChI is InChI=1S/C13H13BrFN3O2/c14-12-9(7-16)1-2-10(13(12)15)18-5-3-17(4-6-18)8-11(19)20/h1-2H,3-6,8H2,(H,19,20). The highest BCUT2D eigenvalue weighted by Crippen LogP contribution is 2.29. The van der Waals surface area contributed by atoms with E-state index in [4.69, 9.17) is 10.4 Å². The molecule has 5 nitrogen and oxygen atoms in total. The topological polar surface area (TPSA) is 67.6 Å². The lowest BCUT2D eigenvalue weighted by Gasteiger charge is -2.35. The molecule has 20 heavy (non-hydrogen) atoms. The third-order valence-electron chi connectivity index (χ3n) is 3.25. The van der Waals surface area contributed by atoms with Crippen molar-refractivity contribution in [2.24, 2.45) is 0 Å². The lowest BCUT2D eigenvalue weighted by molar-refractivity contribution is -0.138.